The summed E-state index contributed by atoms with van der Waals surface area (Å²) in [6.07, 6.45) is 1.63. The molecule has 0 atom stereocenters. The molecule has 116 valence electrons. The SMILES string of the molecule is Cc1ccccc1NC(=O)N1C(C)(C)CC(N)CC1(C)C. The molecule has 0 aromatic heterocycles. The Bertz CT molecular complexity index is 519. The van der Waals surface area contributed by atoms with E-state index in [1.165, 1.54) is 0 Å². The van der Waals surface area contributed by atoms with Crippen LogP contribution in [0.4, 0.5) is 10.5 Å². The number of amides is 2. The number of urea groups is 1. The largest absolute Gasteiger partial charge is 0.328 e. The molecule has 2 rings (SSSR count). The van der Waals surface area contributed by atoms with Crippen molar-refractivity contribution in [2.75, 3.05) is 5.32 Å². The Balaban J connectivity index is 2.26. The van der Waals surface area contributed by atoms with Crippen LogP contribution in [0.15, 0.2) is 24.3 Å². The minimum Gasteiger partial charge on any atom is -0.328 e. The van der Waals surface area contributed by atoms with Gasteiger partial charge in [0.1, 0.15) is 0 Å². The van der Waals surface area contributed by atoms with Crippen molar-refractivity contribution in [1.82, 2.24) is 4.90 Å². The van der Waals surface area contributed by atoms with Crippen LogP contribution < -0.4 is 11.1 Å². The standard InChI is InChI=1S/C17H27N3O/c1-12-8-6-7-9-14(12)19-15(21)20-16(2,3)10-13(18)11-17(20,4)5/h6-9,13H,10-11,18H2,1-5H3,(H,19,21). The van der Waals surface area contributed by atoms with Gasteiger partial charge in [0.2, 0.25) is 0 Å². The number of nitrogens with one attached hydrogen (secondary N) is 1. The van der Waals surface area contributed by atoms with Gasteiger partial charge in [-0.3, -0.25) is 0 Å². The van der Waals surface area contributed by atoms with Gasteiger partial charge in [0.15, 0.2) is 0 Å². The van der Waals surface area contributed by atoms with E-state index in [4.69, 9.17) is 5.73 Å². The molecule has 3 N–H and O–H groups in total. The summed E-state index contributed by atoms with van der Waals surface area (Å²) < 4.78 is 0. The van der Waals surface area contributed by atoms with Crippen molar-refractivity contribution >= 4 is 11.7 Å². The maximum Gasteiger partial charge on any atom is 0.322 e. The molecule has 4 nitrogen and oxygen atoms in total. The second kappa shape index (κ2) is 5.34. The van der Waals surface area contributed by atoms with Gasteiger partial charge in [-0.05, 0) is 59.1 Å². The van der Waals surface area contributed by atoms with Crippen molar-refractivity contribution in [3.05, 3.63) is 29.8 Å². The van der Waals surface area contributed by atoms with E-state index in [9.17, 15) is 4.79 Å². The summed E-state index contributed by atoms with van der Waals surface area (Å²) in [6.45, 7) is 10.4. The first-order chi connectivity index (χ1) is 9.63. The van der Waals surface area contributed by atoms with Crippen LogP contribution in [0.1, 0.15) is 46.1 Å². The van der Waals surface area contributed by atoms with E-state index in [1.54, 1.807) is 0 Å². The predicted molar refractivity (Wildman–Crippen MR) is 87.4 cm³/mol. The number of benzene rings is 1. The zero-order valence-corrected chi connectivity index (χ0v) is 13.7. The number of hydrogen-bond donors (Lipinski definition) is 2. The molecule has 4 heteroatoms. The molecule has 1 heterocycles. The lowest BCUT2D eigenvalue weighted by atomic mass is 9.77. The number of carbonyl (C=O) groups is 1. The quantitative estimate of drug-likeness (QED) is 0.831. The van der Waals surface area contributed by atoms with Crippen molar-refractivity contribution < 1.29 is 4.79 Å². The molecular weight excluding hydrogens is 262 g/mol. The molecule has 21 heavy (non-hydrogen) atoms. The van der Waals surface area contributed by atoms with Gasteiger partial charge in [0.05, 0.1) is 0 Å². The van der Waals surface area contributed by atoms with Crippen molar-refractivity contribution in [3.63, 3.8) is 0 Å². The molecule has 1 aliphatic heterocycles. The fraction of sp³-hybridized carbons (Fsp3) is 0.588. The van der Waals surface area contributed by atoms with Crippen molar-refractivity contribution in [3.8, 4) is 0 Å². The van der Waals surface area contributed by atoms with E-state index < -0.39 is 0 Å². The fourth-order valence-electron chi connectivity index (χ4n) is 3.79. The minimum atomic E-state index is -0.256. The highest BCUT2D eigenvalue weighted by Crippen LogP contribution is 2.38. The Kier molecular flexibility index (Phi) is 4.02. The summed E-state index contributed by atoms with van der Waals surface area (Å²) in [5.41, 5.74) is 7.58. The number of para-hydroxylation sites is 1. The lowest BCUT2D eigenvalue weighted by Crippen LogP contribution is -2.66. The first-order valence-corrected chi connectivity index (χ1v) is 7.56. The van der Waals surface area contributed by atoms with Crippen LogP contribution in [-0.4, -0.2) is 28.1 Å². The van der Waals surface area contributed by atoms with E-state index in [0.29, 0.717) is 0 Å². The molecule has 0 saturated carbocycles. The Morgan fingerprint density at radius 1 is 1.19 bits per heavy atom. The van der Waals surface area contributed by atoms with Gasteiger partial charge < -0.3 is 16.0 Å². The molecule has 1 aromatic carbocycles. The molecule has 1 aliphatic rings. The maximum atomic E-state index is 12.8. The molecule has 2 amide bonds. The van der Waals surface area contributed by atoms with Crippen LogP contribution in [0, 0.1) is 6.92 Å². The Morgan fingerprint density at radius 2 is 1.71 bits per heavy atom. The van der Waals surface area contributed by atoms with Gasteiger partial charge >= 0.3 is 6.03 Å². The molecule has 1 aromatic rings. The van der Waals surface area contributed by atoms with Crippen LogP contribution in [0.25, 0.3) is 0 Å². The number of hydrogen-bond acceptors (Lipinski definition) is 2. The van der Waals surface area contributed by atoms with E-state index in [1.807, 2.05) is 36.1 Å². The first kappa shape index (κ1) is 15.8. The van der Waals surface area contributed by atoms with Crippen LogP contribution >= 0.6 is 0 Å². The maximum absolute atomic E-state index is 12.8. The average molecular weight is 289 g/mol. The molecule has 1 fully saturated rings. The minimum absolute atomic E-state index is 0.0498. The highest BCUT2D eigenvalue weighted by atomic mass is 16.2. The van der Waals surface area contributed by atoms with E-state index in [0.717, 1.165) is 24.1 Å². The van der Waals surface area contributed by atoms with Crippen LogP contribution in [0.2, 0.25) is 0 Å². The lowest BCUT2D eigenvalue weighted by Gasteiger charge is -2.54. The number of carbonyl (C=O) groups excluding carboxylic acids is 1. The smallest absolute Gasteiger partial charge is 0.322 e. The predicted octanol–water partition coefficient (Wildman–Crippen LogP) is 3.51. The Morgan fingerprint density at radius 3 is 2.24 bits per heavy atom. The van der Waals surface area contributed by atoms with E-state index >= 15 is 0 Å². The number of aryl methyl sites for hydroxylation is 1. The summed E-state index contributed by atoms with van der Waals surface area (Å²) in [6, 6.07) is 7.92. The molecule has 1 saturated heterocycles. The van der Waals surface area contributed by atoms with Crippen molar-refractivity contribution in [2.24, 2.45) is 5.73 Å². The number of likely N-dealkylation sites (tertiary alicyclic amines) is 1. The zero-order chi connectivity index (χ0) is 15.8. The second-order valence-corrected chi connectivity index (χ2v) is 7.37. The van der Waals surface area contributed by atoms with Gasteiger partial charge in [-0.1, -0.05) is 18.2 Å². The van der Waals surface area contributed by atoms with Crippen molar-refractivity contribution in [2.45, 2.75) is 64.6 Å². The number of nitrogens with two attached hydrogens (primary N) is 1. The number of piperidine rings is 1. The summed E-state index contributed by atoms with van der Waals surface area (Å²) in [5.74, 6) is 0. The van der Waals surface area contributed by atoms with Gasteiger partial charge in [0, 0.05) is 22.8 Å². The molecule has 0 spiro atoms. The second-order valence-electron chi connectivity index (χ2n) is 7.37. The number of rotatable bonds is 1. The van der Waals surface area contributed by atoms with Gasteiger partial charge in [0.25, 0.3) is 0 Å². The van der Waals surface area contributed by atoms with Crippen LogP contribution in [0.5, 0.6) is 0 Å². The number of nitrogens with zero attached hydrogens (tertiary/aromatic N) is 1. The summed E-state index contributed by atoms with van der Waals surface area (Å²) >= 11 is 0. The monoisotopic (exact) mass is 289 g/mol. The van der Waals surface area contributed by atoms with Crippen molar-refractivity contribution in [1.29, 1.82) is 0 Å². The molecule has 0 unspecified atom stereocenters. The van der Waals surface area contributed by atoms with E-state index in [2.05, 4.69) is 33.0 Å². The third kappa shape index (κ3) is 3.21. The molecule has 0 radical (unpaired) electrons. The van der Waals surface area contributed by atoms with Crippen LogP contribution in [0.3, 0.4) is 0 Å². The molecule has 0 aliphatic carbocycles. The van der Waals surface area contributed by atoms with E-state index in [-0.39, 0.29) is 23.2 Å². The summed E-state index contributed by atoms with van der Waals surface area (Å²) in [7, 11) is 0. The van der Waals surface area contributed by atoms with Gasteiger partial charge in [-0.2, -0.15) is 0 Å². The summed E-state index contributed by atoms with van der Waals surface area (Å²) in [5, 5.41) is 3.05. The highest BCUT2D eigenvalue weighted by Gasteiger charge is 2.46. The number of anilines is 1. The first-order valence-electron chi connectivity index (χ1n) is 7.56. The normalized spacial score (nSPS) is 21.1. The Labute approximate surface area is 127 Å². The third-order valence-corrected chi connectivity index (χ3v) is 4.32. The molecule has 0 bridgehead atoms. The third-order valence-electron chi connectivity index (χ3n) is 4.32. The Hall–Kier alpha value is -1.55. The molecular formula is C17H27N3O. The highest BCUT2D eigenvalue weighted by molar-refractivity contribution is 5.91. The lowest BCUT2D eigenvalue weighted by molar-refractivity contribution is 0.00876. The summed E-state index contributed by atoms with van der Waals surface area (Å²) in [4.78, 5) is 14.8. The zero-order valence-electron chi connectivity index (χ0n) is 13.7. The fourth-order valence-corrected chi connectivity index (χ4v) is 3.79. The van der Waals surface area contributed by atoms with Gasteiger partial charge in [-0.15, -0.1) is 0 Å². The van der Waals surface area contributed by atoms with Crippen LogP contribution in [-0.2, 0) is 0 Å². The topological polar surface area (TPSA) is 58.4 Å². The average Bonchev–Trinajstić information content (AvgIpc) is 2.27. The van der Waals surface area contributed by atoms with Gasteiger partial charge in [-0.25, -0.2) is 4.79 Å².